The average Bonchev–Trinajstić information content (AvgIpc) is 3.38. The van der Waals surface area contributed by atoms with Gasteiger partial charge in [0.15, 0.2) is 15.6 Å². The number of aromatic nitrogens is 2. The van der Waals surface area contributed by atoms with Crippen LogP contribution in [0.4, 0.5) is 13.2 Å². The summed E-state index contributed by atoms with van der Waals surface area (Å²) in [6.45, 7) is 1.84. The Labute approximate surface area is 181 Å². The molecule has 32 heavy (non-hydrogen) atoms. The standard InChI is InChI=1S/C22H17F3N2O4S/c1-14-5-2-3-6-16(14)12-32(28,29)13-18-9-10-19(30-18)21-26-20(27-31-21)15-7-4-8-17(11-15)22(23,24)25/h2-11H,12-13H2,1H3. The van der Waals surface area contributed by atoms with E-state index in [9.17, 15) is 21.6 Å². The first-order chi connectivity index (χ1) is 15.1. The van der Waals surface area contributed by atoms with E-state index in [-0.39, 0.29) is 40.3 Å². The van der Waals surface area contributed by atoms with Gasteiger partial charge in [-0.25, -0.2) is 8.42 Å². The van der Waals surface area contributed by atoms with Crippen molar-refractivity contribution in [3.8, 4) is 23.0 Å². The second kappa shape index (κ2) is 8.27. The number of sulfone groups is 1. The van der Waals surface area contributed by atoms with E-state index in [4.69, 9.17) is 8.94 Å². The molecule has 2 heterocycles. The van der Waals surface area contributed by atoms with Gasteiger partial charge in [0, 0.05) is 5.56 Å². The zero-order valence-electron chi connectivity index (χ0n) is 16.8. The van der Waals surface area contributed by atoms with Crippen LogP contribution in [-0.2, 0) is 27.5 Å². The summed E-state index contributed by atoms with van der Waals surface area (Å²) in [7, 11) is -3.50. The predicted octanol–water partition coefficient (Wildman–Crippen LogP) is 5.44. The molecule has 0 radical (unpaired) electrons. The van der Waals surface area contributed by atoms with Crippen LogP contribution in [0.5, 0.6) is 0 Å². The highest BCUT2D eigenvalue weighted by atomic mass is 32.2. The lowest BCUT2D eigenvalue weighted by molar-refractivity contribution is -0.137. The lowest BCUT2D eigenvalue weighted by atomic mass is 10.1. The monoisotopic (exact) mass is 462 g/mol. The number of nitrogens with zero attached hydrogens (tertiary/aromatic N) is 2. The molecule has 4 rings (SSSR count). The Bertz CT molecular complexity index is 1360. The summed E-state index contributed by atoms with van der Waals surface area (Å²) in [6.07, 6.45) is -4.50. The van der Waals surface area contributed by atoms with Crippen molar-refractivity contribution < 1.29 is 30.5 Å². The minimum absolute atomic E-state index is 0.0452. The van der Waals surface area contributed by atoms with Gasteiger partial charge in [-0.1, -0.05) is 41.6 Å². The molecule has 4 aromatic rings. The summed E-state index contributed by atoms with van der Waals surface area (Å²) in [5, 5.41) is 3.70. The van der Waals surface area contributed by atoms with Gasteiger partial charge in [0.05, 0.1) is 11.3 Å². The maximum Gasteiger partial charge on any atom is 0.416 e. The summed E-state index contributed by atoms with van der Waals surface area (Å²) < 4.78 is 74.5. The lowest BCUT2D eigenvalue weighted by Crippen LogP contribution is -2.08. The first kappa shape index (κ1) is 21.8. The van der Waals surface area contributed by atoms with Crippen LogP contribution < -0.4 is 0 Å². The zero-order chi connectivity index (χ0) is 22.9. The van der Waals surface area contributed by atoms with Gasteiger partial charge in [-0.05, 0) is 42.3 Å². The molecule has 0 amide bonds. The van der Waals surface area contributed by atoms with Gasteiger partial charge in [-0.15, -0.1) is 0 Å². The van der Waals surface area contributed by atoms with Crippen LogP contribution in [-0.4, -0.2) is 18.6 Å². The topological polar surface area (TPSA) is 86.2 Å². The highest BCUT2D eigenvalue weighted by molar-refractivity contribution is 7.89. The molecular weight excluding hydrogens is 445 g/mol. The van der Waals surface area contributed by atoms with E-state index in [1.54, 1.807) is 12.1 Å². The Balaban J connectivity index is 1.51. The van der Waals surface area contributed by atoms with E-state index in [1.165, 1.54) is 24.3 Å². The van der Waals surface area contributed by atoms with E-state index < -0.39 is 21.6 Å². The second-order valence-electron chi connectivity index (χ2n) is 7.23. The van der Waals surface area contributed by atoms with E-state index in [0.29, 0.717) is 5.56 Å². The van der Waals surface area contributed by atoms with E-state index in [2.05, 4.69) is 10.1 Å². The van der Waals surface area contributed by atoms with Gasteiger partial charge in [-0.3, -0.25) is 0 Å². The Hall–Kier alpha value is -3.40. The third-order valence-corrected chi connectivity index (χ3v) is 6.22. The van der Waals surface area contributed by atoms with Crippen LogP contribution in [0.3, 0.4) is 0 Å². The van der Waals surface area contributed by atoms with Crippen molar-refractivity contribution in [2.75, 3.05) is 0 Å². The predicted molar refractivity (Wildman–Crippen MR) is 110 cm³/mol. The third-order valence-electron chi connectivity index (χ3n) is 4.75. The number of aryl methyl sites for hydroxylation is 1. The highest BCUT2D eigenvalue weighted by Gasteiger charge is 2.31. The van der Waals surface area contributed by atoms with Crippen LogP contribution in [0, 0.1) is 6.92 Å². The second-order valence-corrected chi connectivity index (χ2v) is 9.29. The first-order valence-electron chi connectivity index (χ1n) is 9.46. The van der Waals surface area contributed by atoms with Gasteiger partial charge in [0.2, 0.25) is 5.82 Å². The highest BCUT2D eigenvalue weighted by Crippen LogP contribution is 2.32. The lowest BCUT2D eigenvalue weighted by Gasteiger charge is -2.06. The number of furan rings is 1. The van der Waals surface area contributed by atoms with Crippen LogP contribution in [0.25, 0.3) is 23.0 Å². The number of halogens is 3. The van der Waals surface area contributed by atoms with Gasteiger partial charge in [-0.2, -0.15) is 18.2 Å². The average molecular weight is 462 g/mol. The van der Waals surface area contributed by atoms with Crippen molar-refractivity contribution in [1.29, 1.82) is 0 Å². The molecule has 6 nitrogen and oxygen atoms in total. The molecule has 0 aliphatic heterocycles. The summed E-state index contributed by atoms with van der Waals surface area (Å²) in [5.74, 6) is -0.258. The van der Waals surface area contributed by atoms with Crippen LogP contribution in [0.2, 0.25) is 0 Å². The Morgan fingerprint density at radius 3 is 2.50 bits per heavy atom. The molecule has 0 saturated heterocycles. The van der Waals surface area contributed by atoms with Crippen LogP contribution in [0.1, 0.15) is 22.5 Å². The van der Waals surface area contributed by atoms with Crippen molar-refractivity contribution in [2.45, 2.75) is 24.6 Å². The molecular formula is C22H17F3N2O4S. The van der Waals surface area contributed by atoms with Crippen LogP contribution in [0.15, 0.2) is 69.6 Å². The molecule has 0 atom stereocenters. The summed E-state index contributed by atoms with van der Waals surface area (Å²) in [6, 6.07) is 14.7. The maximum atomic E-state index is 12.9. The largest absolute Gasteiger partial charge is 0.455 e. The zero-order valence-corrected chi connectivity index (χ0v) is 17.6. The molecule has 0 aliphatic carbocycles. The Kier molecular flexibility index (Phi) is 5.64. The van der Waals surface area contributed by atoms with Crippen molar-refractivity contribution >= 4 is 9.84 Å². The minimum Gasteiger partial charge on any atom is -0.455 e. The fraction of sp³-hybridized carbons (Fsp3) is 0.182. The number of alkyl halides is 3. The summed E-state index contributed by atoms with van der Waals surface area (Å²) in [5.41, 5.74) is 0.883. The fourth-order valence-electron chi connectivity index (χ4n) is 3.12. The quantitative estimate of drug-likeness (QED) is 0.379. The molecule has 0 bridgehead atoms. The van der Waals surface area contributed by atoms with E-state index in [1.807, 2.05) is 19.1 Å². The molecule has 0 saturated carbocycles. The molecule has 10 heteroatoms. The SMILES string of the molecule is Cc1ccccc1CS(=O)(=O)Cc1ccc(-c2nc(-c3cccc(C(F)(F)F)c3)no2)o1. The number of hydrogen-bond donors (Lipinski definition) is 0. The van der Waals surface area contributed by atoms with E-state index >= 15 is 0 Å². The van der Waals surface area contributed by atoms with Crippen molar-refractivity contribution in [3.63, 3.8) is 0 Å². The molecule has 0 N–H and O–H groups in total. The van der Waals surface area contributed by atoms with Crippen molar-refractivity contribution in [2.24, 2.45) is 0 Å². The molecule has 0 aliphatic rings. The maximum absolute atomic E-state index is 12.9. The molecule has 0 fully saturated rings. The molecule has 2 aromatic heterocycles. The van der Waals surface area contributed by atoms with Gasteiger partial charge < -0.3 is 8.94 Å². The first-order valence-corrected chi connectivity index (χ1v) is 11.3. The third kappa shape index (κ3) is 4.91. The summed E-state index contributed by atoms with van der Waals surface area (Å²) >= 11 is 0. The smallest absolute Gasteiger partial charge is 0.416 e. The van der Waals surface area contributed by atoms with Gasteiger partial charge in [0.1, 0.15) is 11.5 Å². The molecule has 0 spiro atoms. The molecule has 166 valence electrons. The fourth-order valence-corrected chi connectivity index (χ4v) is 4.61. The minimum atomic E-state index is -4.50. The van der Waals surface area contributed by atoms with Gasteiger partial charge >= 0.3 is 6.18 Å². The number of benzene rings is 2. The molecule has 0 unspecified atom stereocenters. The number of rotatable bonds is 6. The van der Waals surface area contributed by atoms with Crippen molar-refractivity contribution in [1.82, 2.24) is 10.1 Å². The molecule has 2 aromatic carbocycles. The van der Waals surface area contributed by atoms with Crippen molar-refractivity contribution in [3.05, 3.63) is 83.1 Å². The Morgan fingerprint density at radius 2 is 1.75 bits per heavy atom. The number of hydrogen-bond acceptors (Lipinski definition) is 6. The van der Waals surface area contributed by atoms with Gasteiger partial charge in [0.25, 0.3) is 5.89 Å². The Morgan fingerprint density at radius 1 is 0.969 bits per heavy atom. The summed E-state index contributed by atoms with van der Waals surface area (Å²) in [4.78, 5) is 4.07. The van der Waals surface area contributed by atoms with E-state index in [0.717, 1.165) is 17.7 Å². The van der Waals surface area contributed by atoms with Crippen LogP contribution >= 0.6 is 0 Å². The normalized spacial score (nSPS) is 12.2.